The molecule has 1 aromatic carbocycles. The summed E-state index contributed by atoms with van der Waals surface area (Å²) < 4.78 is 1.29. The molecule has 126 valence electrons. The van der Waals surface area contributed by atoms with Crippen molar-refractivity contribution in [1.82, 2.24) is 20.1 Å². The summed E-state index contributed by atoms with van der Waals surface area (Å²) in [4.78, 5) is 28.4. The van der Waals surface area contributed by atoms with Crippen molar-refractivity contribution in [3.05, 3.63) is 94.2 Å². The zero-order valence-electron chi connectivity index (χ0n) is 13.8. The standard InChI is InChI=1S/C19H18N4O2/c1-14(16-9-11-20-12-10-16)21-19(25)17-7-8-18(24)23(22-17)13-15-5-3-2-4-6-15/h2-12,14H,13H2,1H3,(H,21,25). The Kier molecular flexibility index (Phi) is 4.99. The number of hydrogen-bond donors (Lipinski definition) is 1. The number of amides is 1. The molecule has 1 unspecified atom stereocenters. The van der Waals surface area contributed by atoms with E-state index in [9.17, 15) is 9.59 Å². The second kappa shape index (κ2) is 7.53. The Balaban J connectivity index is 1.77. The molecule has 1 amide bonds. The highest BCUT2D eigenvalue weighted by Gasteiger charge is 2.14. The average molecular weight is 334 g/mol. The van der Waals surface area contributed by atoms with Gasteiger partial charge in [-0.1, -0.05) is 30.3 Å². The van der Waals surface area contributed by atoms with Crippen molar-refractivity contribution >= 4 is 5.91 Å². The van der Waals surface area contributed by atoms with Gasteiger partial charge in [0, 0.05) is 18.5 Å². The van der Waals surface area contributed by atoms with Crippen molar-refractivity contribution < 1.29 is 4.79 Å². The van der Waals surface area contributed by atoms with Crippen LogP contribution in [0.3, 0.4) is 0 Å². The van der Waals surface area contributed by atoms with Crippen LogP contribution in [0.25, 0.3) is 0 Å². The normalized spacial score (nSPS) is 11.7. The molecule has 0 aliphatic carbocycles. The number of pyridine rings is 1. The second-order valence-electron chi connectivity index (χ2n) is 5.68. The van der Waals surface area contributed by atoms with Gasteiger partial charge < -0.3 is 5.32 Å². The van der Waals surface area contributed by atoms with E-state index in [1.54, 1.807) is 12.4 Å². The van der Waals surface area contributed by atoms with Crippen LogP contribution in [0.2, 0.25) is 0 Å². The van der Waals surface area contributed by atoms with Crippen molar-refractivity contribution in [2.75, 3.05) is 0 Å². The maximum absolute atomic E-state index is 12.4. The van der Waals surface area contributed by atoms with E-state index in [1.807, 2.05) is 49.4 Å². The van der Waals surface area contributed by atoms with E-state index in [0.29, 0.717) is 6.54 Å². The molecule has 0 aliphatic rings. The van der Waals surface area contributed by atoms with Crippen molar-refractivity contribution in [1.29, 1.82) is 0 Å². The van der Waals surface area contributed by atoms with Gasteiger partial charge in [-0.2, -0.15) is 5.10 Å². The van der Waals surface area contributed by atoms with Gasteiger partial charge >= 0.3 is 0 Å². The first-order valence-electron chi connectivity index (χ1n) is 7.96. The number of carbonyl (C=O) groups excluding carboxylic acids is 1. The van der Waals surface area contributed by atoms with Gasteiger partial charge in [0.15, 0.2) is 0 Å². The Hall–Kier alpha value is -3.28. The third-order valence-corrected chi connectivity index (χ3v) is 3.83. The fourth-order valence-corrected chi connectivity index (χ4v) is 2.45. The molecule has 2 heterocycles. The van der Waals surface area contributed by atoms with E-state index in [0.717, 1.165) is 11.1 Å². The number of aromatic nitrogens is 3. The first-order chi connectivity index (χ1) is 12.1. The fourth-order valence-electron chi connectivity index (χ4n) is 2.45. The Bertz CT molecular complexity index is 907. The van der Waals surface area contributed by atoms with E-state index in [1.165, 1.54) is 16.8 Å². The zero-order chi connectivity index (χ0) is 17.6. The topological polar surface area (TPSA) is 76.9 Å². The number of nitrogens with zero attached hydrogens (tertiary/aromatic N) is 3. The lowest BCUT2D eigenvalue weighted by atomic mass is 10.1. The minimum absolute atomic E-state index is 0.188. The average Bonchev–Trinajstić information content (AvgIpc) is 2.65. The van der Waals surface area contributed by atoms with Gasteiger partial charge in [-0.05, 0) is 36.2 Å². The smallest absolute Gasteiger partial charge is 0.272 e. The summed E-state index contributed by atoms with van der Waals surface area (Å²) >= 11 is 0. The predicted octanol–water partition coefficient (Wildman–Crippen LogP) is 2.18. The maximum atomic E-state index is 12.4. The van der Waals surface area contributed by atoms with Crippen molar-refractivity contribution in [2.24, 2.45) is 0 Å². The van der Waals surface area contributed by atoms with Gasteiger partial charge in [0.05, 0.1) is 12.6 Å². The van der Waals surface area contributed by atoms with E-state index in [-0.39, 0.29) is 23.2 Å². The number of nitrogens with one attached hydrogen (secondary N) is 1. The van der Waals surface area contributed by atoms with Crippen LogP contribution in [0.1, 0.15) is 34.6 Å². The monoisotopic (exact) mass is 334 g/mol. The molecule has 0 spiro atoms. The number of rotatable bonds is 5. The summed E-state index contributed by atoms with van der Waals surface area (Å²) in [5.41, 5.74) is 1.85. The van der Waals surface area contributed by atoms with E-state index in [2.05, 4.69) is 15.4 Å². The lowest BCUT2D eigenvalue weighted by Crippen LogP contribution is -2.31. The highest BCUT2D eigenvalue weighted by molar-refractivity contribution is 5.92. The Morgan fingerprint density at radius 1 is 1.08 bits per heavy atom. The van der Waals surface area contributed by atoms with E-state index >= 15 is 0 Å². The highest BCUT2D eigenvalue weighted by Crippen LogP contribution is 2.10. The summed E-state index contributed by atoms with van der Waals surface area (Å²) in [6.45, 7) is 2.20. The molecule has 3 aromatic rings. The van der Waals surface area contributed by atoms with Crippen LogP contribution in [-0.2, 0) is 6.54 Å². The molecule has 1 atom stereocenters. The molecule has 1 N–H and O–H groups in total. The summed E-state index contributed by atoms with van der Waals surface area (Å²) in [5, 5.41) is 7.07. The Morgan fingerprint density at radius 2 is 1.80 bits per heavy atom. The molecule has 0 fully saturated rings. The van der Waals surface area contributed by atoms with E-state index < -0.39 is 0 Å². The van der Waals surface area contributed by atoms with Gasteiger partial charge in [-0.3, -0.25) is 14.6 Å². The van der Waals surface area contributed by atoms with Crippen LogP contribution >= 0.6 is 0 Å². The molecule has 0 radical (unpaired) electrons. The molecule has 0 saturated heterocycles. The van der Waals surface area contributed by atoms with Gasteiger partial charge in [-0.25, -0.2) is 4.68 Å². The van der Waals surface area contributed by atoms with Gasteiger partial charge in [0.1, 0.15) is 5.69 Å². The molecule has 2 aromatic heterocycles. The summed E-state index contributed by atoms with van der Waals surface area (Å²) in [7, 11) is 0. The van der Waals surface area contributed by atoms with Gasteiger partial charge in [0.2, 0.25) is 0 Å². The van der Waals surface area contributed by atoms with Crippen molar-refractivity contribution in [2.45, 2.75) is 19.5 Å². The molecule has 0 saturated carbocycles. The van der Waals surface area contributed by atoms with Crippen LogP contribution in [0, 0.1) is 0 Å². The van der Waals surface area contributed by atoms with Crippen LogP contribution in [0.4, 0.5) is 0 Å². The van der Waals surface area contributed by atoms with Gasteiger partial charge in [0.25, 0.3) is 11.5 Å². The first kappa shape index (κ1) is 16.6. The minimum Gasteiger partial charge on any atom is -0.344 e. The van der Waals surface area contributed by atoms with Gasteiger partial charge in [-0.15, -0.1) is 0 Å². The summed E-state index contributed by atoms with van der Waals surface area (Å²) in [5.74, 6) is -0.328. The molecular formula is C19H18N4O2. The third kappa shape index (κ3) is 4.17. The SMILES string of the molecule is CC(NC(=O)c1ccc(=O)n(Cc2ccccc2)n1)c1ccncc1. The van der Waals surface area contributed by atoms with Crippen LogP contribution < -0.4 is 10.9 Å². The van der Waals surface area contributed by atoms with E-state index in [4.69, 9.17) is 0 Å². The van der Waals surface area contributed by atoms with Crippen LogP contribution in [-0.4, -0.2) is 20.7 Å². The Labute approximate surface area is 145 Å². The maximum Gasteiger partial charge on any atom is 0.272 e. The summed E-state index contributed by atoms with van der Waals surface area (Å²) in [6, 6.07) is 15.8. The summed E-state index contributed by atoms with van der Waals surface area (Å²) in [6.07, 6.45) is 3.35. The molecular weight excluding hydrogens is 316 g/mol. The molecule has 6 nitrogen and oxygen atoms in total. The van der Waals surface area contributed by atoms with Crippen molar-refractivity contribution in [3.63, 3.8) is 0 Å². The molecule has 0 bridgehead atoms. The predicted molar refractivity (Wildman–Crippen MR) is 94.2 cm³/mol. The Morgan fingerprint density at radius 3 is 2.52 bits per heavy atom. The number of benzene rings is 1. The first-order valence-corrected chi connectivity index (χ1v) is 7.96. The fraction of sp³-hybridized carbons (Fsp3) is 0.158. The molecule has 0 aliphatic heterocycles. The second-order valence-corrected chi connectivity index (χ2v) is 5.68. The lowest BCUT2D eigenvalue weighted by molar-refractivity contribution is 0.0932. The number of carbonyl (C=O) groups is 1. The zero-order valence-corrected chi connectivity index (χ0v) is 13.8. The minimum atomic E-state index is -0.328. The highest BCUT2D eigenvalue weighted by atomic mass is 16.2. The quantitative estimate of drug-likeness (QED) is 0.776. The van der Waals surface area contributed by atoms with Crippen LogP contribution in [0.15, 0.2) is 71.8 Å². The van der Waals surface area contributed by atoms with Crippen molar-refractivity contribution in [3.8, 4) is 0 Å². The largest absolute Gasteiger partial charge is 0.344 e. The third-order valence-electron chi connectivity index (χ3n) is 3.83. The number of hydrogen-bond acceptors (Lipinski definition) is 4. The van der Waals surface area contributed by atoms with Crippen LogP contribution in [0.5, 0.6) is 0 Å². The lowest BCUT2D eigenvalue weighted by Gasteiger charge is -2.14. The molecule has 25 heavy (non-hydrogen) atoms. The molecule has 6 heteroatoms. The molecule has 3 rings (SSSR count).